The van der Waals surface area contributed by atoms with Gasteiger partial charge in [-0.15, -0.1) is 0 Å². The summed E-state index contributed by atoms with van der Waals surface area (Å²) in [5, 5.41) is 4.57. The minimum atomic E-state index is -1.54. The zero-order valence-electron chi connectivity index (χ0n) is 19.9. The van der Waals surface area contributed by atoms with Gasteiger partial charge in [0.2, 0.25) is 11.8 Å². The van der Waals surface area contributed by atoms with Crippen LogP contribution >= 0.6 is 11.6 Å². The van der Waals surface area contributed by atoms with Gasteiger partial charge in [-0.1, -0.05) is 29.9 Å². The Balaban J connectivity index is 1.59. The quantitative estimate of drug-likeness (QED) is 0.467. The van der Waals surface area contributed by atoms with Gasteiger partial charge >= 0.3 is 6.01 Å². The van der Waals surface area contributed by atoms with Crippen molar-refractivity contribution in [2.75, 3.05) is 26.6 Å². The summed E-state index contributed by atoms with van der Waals surface area (Å²) >= 11 is 6.54. The van der Waals surface area contributed by atoms with Crippen LogP contribution in [0.1, 0.15) is 21.7 Å². The number of furan rings is 1. The average Bonchev–Trinajstić information content (AvgIpc) is 3.40. The molecule has 3 aromatic rings. The normalized spacial score (nSPS) is 13.9. The van der Waals surface area contributed by atoms with Crippen LogP contribution in [0.5, 0.6) is 29.5 Å². The Bertz CT molecular complexity index is 1230. The van der Waals surface area contributed by atoms with Crippen LogP contribution in [0.25, 0.3) is 0 Å². The van der Waals surface area contributed by atoms with Gasteiger partial charge in [0.05, 0.1) is 34.4 Å². The second kappa shape index (κ2) is 9.19. The molecule has 0 radical (unpaired) electrons. The molecule has 180 valence electrons. The van der Waals surface area contributed by atoms with Gasteiger partial charge in [-0.2, -0.15) is 9.97 Å². The molecule has 0 saturated carbocycles. The van der Waals surface area contributed by atoms with Gasteiger partial charge in [-0.05, 0) is 42.6 Å². The van der Waals surface area contributed by atoms with E-state index < -0.39 is 14.0 Å². The molecule has 1 aromatic carbocycles. The third-order valence-corrected chi connectivity index (χ3v) is 9.68. The van der Waals surface area contributed by atoms with Gasteiger partial charge in [0, 0.05) is 6.07 Å². The number of benzene rings is 1. The largest absolute Gasteiger partial charge is 0.479 e. The first kappa shape index (κ1) is 23.9. The molecule has 3 heterocycles. The number of nitrogens with zero attached hydrogens (tertiary/aromatic N) is 2. The summed E-state index contributed by atoms with van der Waals surface area (Å²) in [5.41, 5.74) is 2.47. The SMILES string of the molecule is COc1nc(OC)c(NC(=O)c2ccc(Oc3c(Cl)cc(C)c4c3CC[Si]4(C)C)o2)c(OC)n1. The zero-order valence-corrected chi connectivity index (χ0v) is 21.6. The number of hydrogen-bond acceptors (Lipinski definition) is 8. The molecule has 34 heavy (non-hydrogen) atoms. The number of anilines is 1. The van der Waals surface area contributed by atoms with Crippen LogP contribution in [0.15, 0.2) is 22.6 Å². The van der Waals surface area contributed by atoms with Crippen LogP contribution in [-0.4, -0.2) is 45.3 Å². The highest BCUT2D eigenvalue weighted by Crippen LogP contribution is 2.40. The highest BCUT2D eigenvalue weighted by molar-refractivity contribution is 6.91. The van der Waals surface area contributed by atoms with E-state index in [1.807, 2.05) is 6.07 Å². The van der Waals surface area contributed by atoms with Gasteiger partial charge in [0.25, 0.3) is 11.9 Å². The highest BCUT2D eigenvalue weighted by atomic mass is 35.5. The lowest BCUT2D eigenvalue weighted by Crippen LogP contribution is -2.39. The number of carbonyl (C=O) groups is 1. The number of ether oxygens (including phenoxy) is 4. The number of aryl methyl sites for hydroxylation is 1. The van der Waals surface area contributed by atoms with Crippen LogP contribution < -0.4 is 29.5 Å². The topological polar surface area (TPSA) is 105 Å². The molecule has 0 spiro atoms. The van der Waals surface area contributed by atoms with Crippen molar-refractivity contribution in [2.24, 2.45) is 0 Å². The van der Waals surface area contributed by atoms with Crippen LogP contribution in [0.2, 0.25) is 24.2 Å². The number of hydrogen-bond donors (Lipinski definition) is 1. The number of methoxy groups -OCH3 is 3. The van der Waals surface area contributed by atoms with E-state index in [4.69, 9.17) is 35.0 Å². The summed E-state index contributed by atoms with van der Waals surface area (Å²) in [4.78, 5) is 21.0. The van der Waals surface area contributed by atoms with Crippen molar-refractivity contribution in [1.82, 2.24) is 9.97 Å². The Labute approximate surface area is 203 Å². The van der Waals surface area contributed by atoms with E-state index in [1.54, 1.807) is 6.07 Å². The monoisotopic (exact) mass is 503 g/mol. The summed E-state index contributed by atoms with van der Waals surface area (Å²) in [6, 6.07) is 6.20. The molecule has 0 unspecified atom stereocenters. The molecule has 4 rings (SSSR count). The molecule has 1 aliphatic heterocycles. The minimum absolute atomic E-state index is 0.0181. The second-order valence-corrected chi connectivity index (χ2v) is 13.7. The zero-order chi connectivity index (χ0) is 24.6. The van der Waals surface area contributed by atoms with E-state index >= 15 is 0 Å². The molecule has 0 saturated heterocycles. The first-order valence-electron chi connectivity index (χ1n) is 10.6. The third kappa shape index (κ3) is 4.30. The van der Waals surface area contributed by atoms with Crippen molar-refractivity contribution in [3.8, 4) is 29.5 Å². The van der Waals surface area contributed by atoms with E-state index in [2.05, 4.69) is 35.3 Å². The maximum absolute atomic E-state index is 12.9. The number of amides is 1. The molecule has 1 aliphatic rings. The fraction of sp³-hybridized carbons (Fsp3) is 0.348. The fourth-order valence-corrected chi connectivity index (χ4v) is 7.98. The Morgan fingerprint density at radius 2 is 1.79 bits per heavy atom. The lowest BCUT2D eigenvalue weighted by molar-refractivity contribution is 0.0990. The Morgan fingerprint density at radius 1 is 1.12 bits per heavy atom. The Kier molecular flexibility index (Phi) is 6.46. The predicted octanol–water partition coefficient (Wildman–Crippen LogP) is 4.57. The lowest BCUT2D eigenvalue weighted by atomic mass is 10.1. The van der Waals surface area contributed by atoms with Crippen LogP contribution in [0.3, 0.4) is 0 Å². The number of carbonyl (C=O) groups excluding carboxylic acids is 1. The maximum atomic E-state index is 12.9. The molecular weight excluding hydrogens is 478 g/mol. The van der Waals surface area contributed by atoms with Gasteiger partial charge in [0.1, 0.15) is 0 Å². The molecule has 2 aromatic heterocycles. The number of rotatable bonds is 7. The molecule has 1 amide bonds. The molecule has 0 atom stereocenters. The van der Waals surface area contributed by atoms with Crippen molar-refractivity contribution in [3.05, 3.63) is 40.1 Å². The van der Waals surface area contributed by atoms with Gasteiger partial charge < -0.3 is 28.7 Å². The smallest absolute Gasteiger partial charge is 0.322 e. The van der Waals surface area contributed by atoms with Gasteiger partial charge in [-0.3, -0.25) is 4.79 Å². The molecule has 0 aliphatic carbocycles. The van der Waals surface area contributed by atoms with E-state index in [0.29, 0.717) is 10.8 Å². The molecule has 1 N–H and O–H groups in total. The average molecular weight is 504 g/mol. The second-order valence-electron chi connectivity index (χ2n) is 8.52. The first-order valence-corrected chi connectivity index (χ1v) is 14.2. The van der Waals surface area contributed by atoms with E-state index in [1.165, 1.54) is 38.1 Å². The summed E-state index contributed by atoms with van der Waals surface area (Å²) in [6.07, 6.45) is 0.913. The highest BCUT2D eigenvalue weighted by Gasteiger charge is 2.36. The van der Waals surface area contributed by atoms with E-state index in [9.17, 15) is 4.79 Å². The lowest BCUT2D eigenvalue weighted by Gasteiger charge is -2.20. The minimum Gasteiger partial charge on any atom is -0.479 e. The molecular formula is C23H26ClN3O6Si. The molecule has 0 bridgehead atoms. The number of aromatic nitrogens is 2. The Hall–Kier alpha value is -3.24. The van der Waals surface area contributed by atoms with Crippen molar-refractivity contribution in [3.63, 3.8) is 0 Å². The maximum Gasteiger partial charge on any atom is 0.322 e. The number of halogens is 1. The molecule has 11 heteroatoms. The van der Waals surface area contributed by atoms with Crippen molar-refractivity contribution in [1.29, 1.82) is 0 Å². The fourth-order valence-electron chi connectivity index (χ4n) is 4.35. The van der Waals surface area contributed by atoms with Crippen molar-refractivity contribution in [2.45, 2.75) is 32.5 Å². The number of fused-ring (bicyclic) bond motifs is 1. The van der Waals surface area contributed by atoms with E-state index in [-0.39, 0.29) is 35.2 Å². The summed E-state index contributed by atoms with van der Waals surface area (Å²) < 4.78 is 27.2. The summed E-state index contributed by atoms with van der Waals surface area (Å²) in [5.74, 6) is 0.365. The van der Waals surface area contributed by atoms with Crippen LogP contribution in [-0.2, 0) is 6.42 Å². The summed E-state index contributed by atoms with van der Waals surface area (Å²) in [7, 11) is 2.69. The standard InChI is InChI=1S/C23H26ClN3O6Si/c1-12-11-14(24)18(13-9-10-34(5,6)19(12)13)33-16-8-7-15(32-16)20(28)25-17-21(29-2)26-23(31-4)27-22(17)30-3/h7-8,11H,9-10H2,1-6H3,(H,25,28). The van der Waals surface area contributed by atoms with Crippen molar-refractivity contribution < 1.29 is 28.2 Å². The summed E-state index contributed by atoms with van der Waals surface area (Å²) in [6.45, 7) is 6.80. The molecule has 9 nitrogen and oxygen atoms in total. The van der Waals surface area contributed by atoms with E-state index in [0.717, 1.165) is 18.0 Å². The van der Waals surface area contributed by atoms with Crippen LogP contribution in [0.4, 0.5) is 5.69 Å². The predicted molar refractivity (Wildman–Crippen MR) is 130 cm³/mol. The Morgan fingerprint density at radius 3 is 2.41 bits per heavy atom. The van der Waals surface area contributed by atoms with Crippen LogP contribution in [0, 0.1) is 6.92 Å². The van der Waals surface area contributed by atoms with Crippen molar-refractivity contribution >= 4 is 36.5 Å². The number of nitrogens with one attached hydrogen (secondary N) is 1. The van der Waals surface area contributed by atoms with Gasteiger partial charge in [0.15, 0.2) is 17.2 Å². The molecule has 0 fully saturated rings. The first-order chi connectivity index (χ1) is 16.2. The third-order valence-electron chi connectivity index (χ3n) is 5.84. The van der Waals surface area contributed by atoms with Gasteiger partial charge in [-0.25, -0.2) is 0 Å².